The van der Waals surface area contributed by atoms with Crippen molar-refractivity contribution in [2.24, 2.45) is 0 Å². The first-order chi connectivity index (χ1) is 11.6. The number of hydrogen-bond donors (Lipinski definition) is 2. The predicted molar refractivity (Wildman–Crippen MR) is 93.6 cm³/mol. The number of ether oxygens (including phenoxy) is 1. The monoisotopic (exact) mass is 326 g/mol. The topological polar surface area (TPSA) is 66.8 Å². The van der Waals surface area contributed by atoms with Crippen LogP contribution in [-0.4, -0.2) is 23.1 Å². The number of allylic oxidation sites excluding steroid dienone is 2. The van der Waals surface area contributed by atoms with Crippen LogP contribution >= 0.6 is 0 Å². The number of carbonyl (C=O) groups excluding carboxylic acids is 1. The van der Waals surface area contributed by atoms with Crippen LogP contribution in [0.3, 0.4) is 0 Å². The molecule has 2 aromatic carbocycles. The molecule has 0 radical (unpaired) electrons. The van der Waals surface area contributed by atoms with Crippen molar-refractivity contribution in [1.29, 1.82) is 0 Å². The summed E-state index contributed by atoms with van der Waals surface area (Å²) < 4.78 is 5.07. The largest absolute Gasteiger partial charge is 0.508 e. The van der Waals surface area contributed by atoms with Gasteiger partial charge in [0.2, 0.25) is 0 Å². The quantitative estimate of drug-likeness (QED) is 0.724. The van der Waals surface area contributed by atoms with E-state index in [9.17, 15) is 15.0 Å². The second-order valence-electron chi connectivity index (χ2n) is 5.58. The molecule has 2 N–H and O–H groups in total. The number of benzene rings is 2. The zero-order chi connectivity index (χ0) is 17.4. The van der Waals surface area contributed by atoms with Gasteiger partial charge in [0.15, 0.2) is 17.3 Å². The fourth-order valence-corrected chi connectivity index (χ4v) is 2.36. The standard InChI is InChI=1S/C20H22O4/c1-24-20-14-16(9-13-19(20)23)4-2-3-5-17(21)10-6-15-7-11-18(22)12-8-15/h3,5,7-9,11-14,22-23H,2,4,6,10H2,1H3. The smallest absolute Gasteiger partial charge is 0.160 e. The van der Waals surface area contributed by atoms with Crippen LogP contribution in [0.2, 0.25) is 0 Å². The molecule has 0 unspecified atom stereocenters. The van der Waals surface area contributed by atoms with E-state index < -0.39 is 0 Å². The van der Waals surface area contributed by atoms with Crippen LogP contribution in [-0.2, 0) is 17.6 Å². The maximum absolute atomic E-state index is 11.9. The molecular weight excluding hydrogens is 304 g/mol. The number of rotatable bonds is 8. The summed E-state index contributed by atoms with van der Waals surface area (Å²) in [4.78, 5) is 11.9. The summed E-state index contributed by atoms with van der Waals surface area (Å²) >= 11 is 0. The normalized spacial score (nSPS) is 10.9. The van der Waals surface area contributed by atoms with Crippen molar-refractivity contribution in [2.45, 2.75) is 25.7 Å². The van der Waals surface area contributed by atoms with Crippen LogP contribution in [0.25, 0.3) is 0 Å². The SMILES string of the molecule is COc1cc(CCC=CC(=O)CCc2ccc(O)cc2)ccc1O. The van der Waals surface area contributed by atoms with Gasteiger partial charge in [-0.3, -0.25) is 4.79 Å². The number of aryl methyl sites for hydroxylation is 2. The van der Waals surface area contributed by atoms with Gasteiger partial charge in [-0.2, -0.15) is 0 Å². The van der Waals surface area contributed by atoms with Crippen LogP contribution in [0.4, 0.5) is 0 Å². The van der Waals surface area contributed by atoms with Gasteiger partial charge in [-0.1, -0.05) is 24.3 Å². The second-order valence-corrected chi connectivity index (χ2v) is 5.58. The number of ketones is 1. The van der Waals surface area contributed by atoms with Crippen LogP contribution in [0.5, 0.6) is 17.2 Å². The van der Waals surface area contributed by atoms with Gasteiger partial charge < -0.3 is 14.9 Å². The summed E-state index contributed by atoms with van der Waals surface area (Å²) in [6.45, 7) is 0. The Bertz CT molecular complexity index is 702. The highest BCUT2D eigenvalue weighted by Gasteiger charge is 2.02. The molecule has 0 amide bonds. The van der Waals surface area contributed by atoms with E-state index in [2.05, 4.69) is 0 Å². The predicted octanol–water partition coefficient (Wildman–Crippen LogP) is 3.80. The summed E-state index contributed by atoms with van der Waals surface area (Å²) in [6.07, 6.45) is 6.14. The molecule has 2 aromatic rings. The lowest BCUT2D eigenvalue weighted by Crippen LogP contribution is -1.96. The molecule has 0 aliphatic carbocycles. The first-order valence-electron chi connectivity index (χ1n) is 7.91. The maximum atomic E-state index is 11.9. The Balaban J connectivity index is 1.75. The van der Waals surface area contributed by atoms with E-state index in [0.29, 0.717) is 18.6 Å². The van der Waals surface area contributed by atoms with Gasteiger partial charge in [0, 0.05) is 6.42 Å². The van der Waals surface area contributed by atoms with E-state index >= 15 is 0 Å². The molecule has 2 rings (SSSR count). The van der Waals surface area contributed by atoms with Gasteiger partial charge in [-0.25, -0.2) is 0 Å². The van der Waals surface area contributed by atoms with Gasteiger partial charge in [0.1, 0.15) is 5.75 Å². The van der Waals surface area contributed by atoms with Crippen molar-refractivity contribution in [3.05, 3.63) is 65.7 Å². The highest BCUT2D eigenvalue weighted by atomic mass is 16.5. The van der Waals surface area contributed by atoms with Crippen molar-refractivity contribution in [2.75, 3.05) is 7.11 Å². The summed E-state index contributed by atoms with van der Waals surface area (Å²) in [6, 6.07) is 12.2. The molecule has 0 atom stereocenters. The number of phenols is 2. The fourth-order valence-electron chi connectivity index (χ4n) is 2.36. The van der Waals surface area contributed by atoms with E-state index in [4.69, 9.17) is 4.74 Å². The Morgan fingerprint density at radius 2 is 1.75 bits per heavy atom. The Morgan fingerprint density at radius 1 is 1.04 bits per heavy atom. The Labute approximate surface area is 142 Å². The number of phenolic OH excluding ortho intramolecular Hbond substituents is 2. The van der Waals surface area contributed by atoms with Crippen molar-refractivity contribution in [1.82, 2.24) is 0 Å². The minimum atomic E-state index is 0.0892. The summed E-state index contributed by atoms with van der Waals surface area (Å²) in [5.74, 6) is 0.907. The van der Waals surface area contributed by atoms with Gasteiger partial charge >= 0.3 is 0 Å². The Morgan fingerprint density at radius 3 is 2.46 bits per heavy atom. The lowest BCUT2D eigenvalue weighted by atomic mass is 10.1. The molecule has 0 saturated carbocycles. The Hall–Kier alpha value is -2.75. The molecule has 0 fully saturated rings. The van der Waals surface area contributed by atoms with Gasteiger partial charge in [-0.15, -0.1) is 0 Å². The third-order valence-corrected chi connectivity index (χ3v) is 3.74. The molecule has 0 heterocycles. The lowest BCUT2D eigenvalue weighted by Gasteiger charge is -2.05. The number of hydrogen-bond acceptors (Lipinski definition) is 4. The van der Waals surface area contributed by atoms with Crippen molar-refractivity contribution >= 4 is 5.78 Å². The van der Waals surface area contributed by atoms with E-state index in [1.54, 1.807) is 30.3 Å². The zero-order valence-corrected chi connectivity index (χ0v) is 13.7. The number of carbonyl (C=O) groups is 1. The number of aromatic hydroxyl groups is 2. The molecule has 24 heavy (non-hydrogen) atoms. The summed E-state index contributed by atoms with van der Waals surface area (Å²) in [5.41, 5.74) is 2.08. The molecule has 4 nitrogen and oxygen atoms in total. The minimum Gasteiger partial charge on any atom is -0.508 e. The third kappa shape index (κ3) is 5.47. The molecule has 0 aliphatic heterocycles. The molecular formula is C20H22O4. The third-order valence-electron chi connectivity index (χ3n) is 3.74. The summed E-state index contributed by atoms with van der Waals surface area (Å²) in [7, 11) is 1.52. The molecule has 0 bridgehead atoms. The first kappa shape index (κ1) is 17.6. The maximum Gasteiger partial charge on any atom is 0.160 e. The molecule has 126 valence electrons. The highest BCUT2D eigenvalue weighted by Crippen LogP contribution is 2.26. The first-order valence-corrected chi connectivity index (χ1v) is 7.91. The van der Waals surface area contributed by atoms with E-state index in [1.165, 1.54) is 7.11 Å². The van der Waals surface area contributed by atoms with Crippen LogP contribution in [0, 0.1) is 0 Å². The summed E-state index contributed by atoms with van der Waals surface area (Å²) in [5, 5.41) is 18.8. The van der Waals surface area contributed by atoms with Crippen LogP contribution in [0.1, 0.15) is 24.0 Å². The van der Waals surface area contributed by atoms with Crippen molar-refractivity contribution in [3.63, 3.8) is 0 Å². The molecule has 4 heteroatoms. The van der Waals surface area contributed by atoms with Crippen molar-refractivity contribution < 1.29 is 19.7 Å². The number of methoxy groups -OCH3 is 1. The average Bonchev–Trinajstić information content (AvgIpc) is 2.59. The zero-order valence-electron chi connectivity index (χ0n) is 13.7. The van der Waals surface area contributed by atoms with E-state index in [0.717, 1.165) is 24.0 Å². The van der Waals surface area contributed by atoms with Gasteiger partial charge in [-0.05, 0) is 60.7 Å². The second kappa shape index (κ2) is 8.77. The average molecular weight is 326 g/mol. The molecule has 0 spiro atoms. The van der Waals surface area contributed by atoms with Crippen LogP contribution in [0.15, 0.2) is 54.6 Å². The highest BCUT2D eigenvalue weighted by molar-refractivity contribution is 5.89. The molecule has 0 saturated heterocycles. The van der Waals surface area contributed by atoms with Gasteiger partial charge in [0.25, 0.3) is 0 Å². The molecule has 0 aromatic heterocycles. The van der Waals surface area contributed by atoms with E-state index in [-0.39, 0.29) is 17.3 Å². The molecule has 0 aliphatic rings. The van der Waals surface area contributed by atoms with Crippen LogP contribution < -0.4 is 4.74 Å². The van der Waals surface area contributed by atoms with Crippen molar-refractivity contribution in [3.8, 4) is 17.2 Å². The fraction of sp³-hybridized carbons (Fsp3) is 0.250. The lowest BCUT2D eigenvalue weighted by molar-refractivity contribution is -0.114. The minimum absolute atomic E-state index is 0.0892. The van der Waals surface area contributed by atoms with Gasteiger partial charge in [0.05, 0.1) is 7.11 Å². The van der Waals surface area contributed by atoms with E-state index in [1.807, 2.05) is 24.3 Å². The Kier molecular flexibility index (Phi) is 6.43.